The molecule has 5 aromatic rings. The smallest absolute Gasteiger partial charge is 0.251 e. The first-order valence-electron chi connectivity index (χ1n) is 13.3. The molecule has 0 radical (unpaired) electrons. The number of aromatic nitrogens is 4. The standard InChI is InChI=1S/C30H24Cl4N10O2/c31-17-8-2-6-15(23(17)33)21-19(41-29(37)43-25(21)35)11-39-27(45)13-4-1-5-14(10-13)28(46)40-12-20-22(26(36)44-30(38)42-20)16-7-3-9-18(32)24(16)34/h1-10H,11-12H2,(H,39,45)(H,40,46)(H4,35,37,41,43)(H4,36,38,42,44). The molecule has 2 amide bonds. The Morgan fingerprint density at radius 3 is 1.39 bits per heavy atom. The van der Waals surface area contributed by atoms with E-state index in [1.165, 1.54) is 6.07 Å². The van der Waals surface area contributed by atoms with Gasteiger partial charge in [-0.1, -0.05) is 76.7 Å². The van der Waals surface area contributed by atoms with Crippen LogP contribution in [0.4, 0.5) is 23.5 Å². The van der Waals surface area contributed by atoms with Crippen LogP contribution in [0.3, 0.4) is 0 Å². The van der Waals surface area contributed by atoms with Crippen molar-refractivity contribution in [2.75, 3.05) is 22.9 Å². The van der Waals surface area contributed by atoms with E-state index in [2.05, 4.69) is 30.6 Å². The summed E-state index contributed by atoms with van der Waals surface area (Å²) >= 11 is 25.2. The van der Waals surface area contributed by atoms with Crippen molar-refractivity contribution in [2.24, 2.45) is 0 Å². The maximum absolute atomic E-state index is 13.2. The van der Waals surface area contributed by atoms with Gasteiger partial charge in [-0.25, -0.2) is 9.97 Å². The molecule has 2 heterocycles. The molecule has 16 heteroatoms. The van der Waals surface area contributed by atoms with Gasteiger partial charge in [0.25, 0.3) is 11.8 Å². The number of anilines is 4. The number of amides is 2. The first-order valence-corrected chi connectivity index (χ1v) is 14.8. The largest absolute Gasteiger partial charge is 0.383 e. The van der Waals surface area contributed by atoms with Crippen LogP contribution < -0.4 is 33.6 Å². The molecule has 46 heavy (non-hydrogen) atoms. The third-order valence-electron chi connectivity index (χ3n) is 6.72. The number of benzene rings is 3. The lowest BCUT2D eigenvalue weighted by Gasteiger charge is -2.15. The van der Waals surface area contributed by atoms with E-state index in [0.717, 1.165) is 0 Å². The monoisotopic (exact) mass is 696 g/mol. The Labute approximate surface area is 282 Å². The van der Waals surface area contributed by atoms with Gasteiger partial charge in [0.15, 0.2) is 0 Å². The predicted octanol–water partition coefficient (Wildman–Crippen LogP) is 5.40. The minimum absolute atomic E-state index is 0.0626. The van der Waals surface area contributed by atoms with Crippen molar-refractivity contribution < 1.29 is 9.59 Å². The van der Waals surface area contributed by atoms with E-state index >= 15 is 0 Å². The molecule has 234 valence electrons. The molecule has 0 aliphatic heterocycles. The van der Waals surface area contributed by atoms with Crippen molar-refractivity contribution in [1.82, 2.24) is 30.6 Å². The second-order valence-electron chi connectivity index (χ2n) is 9.73. The summed E-state index contributed by atoms with van der Waals surface area (Å²) in [5, 5.41) is 6.63. The van der Waals surface area contributed by atoms with Crippen LogP contribution in [0.5, 0.6) is 0 Å². The number of nitrogens with zero attached hydrogens (tertiary/aromatic N) is 4. The van der Waals surface area contributed by atoms with Gasteiger partial charge < -0.3 is 33.6 Å². The molecule has 0 atom stereocenters. The van der Waals surface area contributed by atoms with Crippen LogP contribution in [0.15, 0.2) is 60.7 Å². The zero-order valence-corrected chi connectivity index (χ0v) is 26.6. The molecule has 0 bridgehead atoms. The molecule has 10 N–H and O–H groups in total. The number of hydrogen-bond donors (Lipinski definition) is 6. The van der Waals surface area contributed by atoms with E-state index in [-0.39, 0.29) is 57.8 Å². The minimum Gasteiger partial charge on any atom is -0.383 e. The Hall–Kier alpha value is -4.88. The lowest BCUT2D eigenvalue weighted by atomic mass is 10.0. The van der Waals surface area contributed by atoms with Crippen LogP contribution in [0.2, 0.25) is 20.1 Å². The predicted molar refractivity (Wildman–Crippen MR) is 181 cm³/mol. The van der Waals surface area contributed by atoms with E-state index in [0.29, 0.717) is 43.7 Å². The fourth-order valence-corrected chi connectivity index (χ4v) is 5.45. The zero-order valence-electron chi connectivity index (χ0n) is 23.6. The van der Waals surface area contributed by atoms with Gasteiger partial charge >= 0.3 is 0 Å². The minimum atomic E-state index is -0.497. The number of nitrogens with one attached hydrogen (secondary N) is 2. The number of carbonyl (C=O) groups is 2. The zero-order chi connectivity index (χ0) is 33.1. The van der Waals surface area contributed by atoms with Crippen LogP contribution in [0, 0.1) is 0 Å². The second-order valence-corrected chi connectivity index (χ2v) is 11.3. The van der Waals surface area contributed by atoms with Crippen LogP contribution in [-0.4, -0.2) is 31.8 Å². The highest BCUT2D eigenvalue weighted by molar-refractivity contribution is 6.44. The molecule has 0 spiro atoms. The van der Waals surface area contributed by atoms with Crippen molar-refractivity contribution in [3.05, 3.63) is 103 Å². The van der Waals surface area contributed by atoms with Crippen molar-refractivity contribution in [2.45, 2.75) is 13.1 Å². The molecule has 0 unspecified atom stereocenters. The first-order chi connectivity index (χ1) is 21.9. The van der Waals surface area contributed by atoms with Crippen molar-refractivity contribution in [3.63, 3.8) is 0 Å². The molecule has 12 nitrogen and oxygen atoms in total. The summed E-state index contributed by atoms with van der Waals surface area (Å²) in [4.78, 5) is 42.9. The summed E-state index contributed by atoms with van der Waals surface area (Å²) in [6.45, 7) is -0.175. The van der Waals surface area contributed by atoms with Gasteiger partial charge in [-0.05, 0) is 30.3 Å². The Morgan fingerprint density at radius 1 is 0.587 bits per heavy atom. The van der Waals surface area contributed by atoms with Gasteiger partial charge in [0.05, 0.1) is 44.6 Å². The Kier molecular flexibility index (Phi) is 9.63. The average Bonchev–Trinajstić information content (AvgIpc) is 3.01. The second kappa shape index (κ2) is 13.6. The molecule has 0 aliphatic rings. The molecule has 2 aromatic heterocycles. The van der Waals surface area contributed by atoms with Gasteiger partial charge in [-0.2, -0.15) is 9.97 Å². The Bertz CT molecular complexity index is 1870. The van der Waals surface area contributed by atoms with Crippen LogP contribution in [0.1, 0.15) is 32.1 Å². The summed E-state index contributed by atoms with van der Waals surface area (Å²) in [6.07, 6.45) is 0. The third kappa shape index (κ3) is 6.85. The van der Waals surface area contributed by atoms with Gasteiger partial charge in [0.1, 0.15) is 11.6 Å². The van der Waals surface area contributed by atoms with E-state index in [9.17, 15) is 9.59 Å². The number of hydrogen-bond acceptors (Lipinski definition) is 10. The molecule has 0 fully saturated rings. The summed E-state index contributed by atoms with van der Waals surface area (Å²) < 4.78 is 0. The molecular formula is C30H24Cl4N10O2. The summed E-state index contributed by atoms with van der Waals surface area (Å²) in [5.74, 6) is -1.05. The molecule has 0 aliphatic carbocycles. The lowest BCUT2D eigenvalue weighted by Crippen LogP contribution is -2.26. The van der Waals surface area contributed by atoms with Gasteiger partial charge in [0, 0.05) is 33.4 Å². The number of halogens is 4. The fraction of sp³-hybridized carbons (Fsp3) is 0.0667. The highest BCUT2D eigenvalue weighted by atomic mass is 35.5. The molecular weight excluding hydrogens is 674 g/mol. The Morgan fingerprint density at radius 2 is 0.978 bits per heavy atom. The van der Waals surface area contributed by atoms with Crippen LogP contribution in [-0.2, 0) is 13.1 Å². The molecule has 5 rings (SSSR count). The average molecular weight is 698 g/mol. The van der Waals surface area contributed by atoms with Crippen molar-refractivity contribution in [1.29, 1.82) is 0 Å². The van der Waals surface area contributed by atoms with Gasteiger partial charge in [0.2, 0.25) is 11.9 Å². The van der Waals surface area contributed by atoms with E-state index in [4.69, 9.17) is 69.3 Å². The normalized spacial score (nSPS) is 10.9. The van der Waals surface area contributed by atoms with Crippen molar-refractivity contribution >= 4 is 81.8 Å². The fourth-order valence-electron chi connectivity index (χ4n) is 4.66. The highest BCUT2D eigenvalue weighted by Crippen LogP contribution is 2.38. The summed E-state index contributed by atoms with van der Waals surface area (Å²) in [7, 11) is 0. The number of carbonyl (C=O) groups excluding carboxylic acids is 2. The number of nitrogens with two attached hydrogens (primary N) is 4. The van der Waals surface area contributed by atoms with E-state index in [1.54, 1.807) is 54.6 Å². The SMILES string of the molecule is Nc1nc(N)c(-c2cccc(Cl)c2Cl)c(CNC(=O)c2cccc(C(=O)NCc3nc(N)nc(N)c3-c3cccc(Cl)c3Cl)c2)n1. The summed E-state index contributed by atoms with van der Waals surface area (Å²) in [6, 6.07) is 16.1. The molecule has 3 aromatic carbocycles. The van der Waals surface area contributed by atoms with Crippen molar-refractivity contribution in [3.8, 4) is 22.3 Å². The highest BCUT2D eigenvalue weighted by Gasteiger charge is 2.21. The topological polar surface area (TPSA) is 214 Å². The number of rotatable bonds is 8. The maximum Gasteiger partial charge on any atom is 0.251 e. The van der Waals surface area contributed by atoms with Gasteiger partial charge in [-0.15, -0.1) is 0 Å². The van der Waals surface area contributed by atoms with E-state index in [1.807, 2.05) is 0 Å². The van der Waals surface area contributed by atoms with Crippen LogP contribution in [0.25, 0.3) is 22.3 Å². The first kappa shape index (κ1) is 32.5. The molecule has 0 saturated heterocycles. The van der Waals surface area contributed by atoms with E-state index < -0.39 is 11.8 Å². The van der Waals surface area contributed by atoms with Crippen LogP contribution >= 0.6 is 46.4 Å². The molecule has 0 saturated carbocycles. The quantitative estimate of drug-likeness (QED) is 0.121. The Balaban J connectivity index is 1.34. The number of nitrogen functional groups attached to an aromatic ring is 4. The van der Waals surface area contributed by atoms with Gasteiger partial charge in [-0.3, -0.25) is 9.59 Å². The third-order valence-corrected chi connectivity index (χ3v) is 8.36. The lowest BCUT2D eigenvalue weighted by molar-refractivity contribution is 0.0950. The summed E-state index contributed by atoms with van der Waals surface area (Å²) in [5.41, 5.74) is 26.7. The maximum atomic E-state index is 13.2.